The highest BCUT2D eigenvalue weighted by Gasteiger charge is 2.16. The highest BCUT2D eigenvalue weighted by atomic mass is 32.2. The summed E-state index contributed by atoms with van der Waals surface area (Å²) in [6.45, 7) is 3.63. The van der Waals surface area contributed by atoms with Gasteiger partial charge in [0, 0.05) is 23.4 Å². The molecule has 1 N–H and O–H groups in total. The molecule has 96 valence electrons. The first-order valence-electron chi connectivity index (χ1n) is 5.55. The molecule has 0 aliphatic rings. The van der Waals surface area contributed by atoms with Gasteiger partial charge in [0.15, 0.2) is 0 Å². The van der Waals surface area contributed by atoms with Gasteiger partial charge in [-0.3, -0.25) is 0 Å². The molecule has 1 heterocycles. The van der Waals surface area contributed by atoms with Crippen molar-refractivity contribution >= 4 is 11.8 Å². The average molecular weight is 267 g/mol. The molecule has 0 bridgehead atoms. The Morgan fingerprint density at radius 1 is 1.39 bits per heavy atom. The van der Waals surface area contributed by atoms with Gasteiger partial charge in [-0.1, -0.05) is 6.07 Å². The van der Waals surface area contributed by atoms with Crippen molar-refractivity contribution in [2.45, 2.75) is 30.0 Å². The monoisotopic (exact) mass is 267 g/mol. The highest BCUT2D eigenvalue weighted by molar-refractivity contribution is 7.99. The minimum atomic E-state index is -0.238. The van der Waals surface area contributed by atoms with Crippen LogP contribution in [0.15, 0.2) is 32.7 Å². The Bertz CT molecular complexity index is 544. The number of hydrogen-bond donors (Lipinski definition) is 1. The molecule has 6 heteroatoms. The minimum absolute atomic E-state index is 0.0854. The number of aromatic nitrogens is 2. The molecule has 4 nitrogen and oxygen atoms in total. The zero-order valence-electron chi connectivity index (χ0n) is 10.4. The van der Waals surface area contributed by atoms with Crippen LogP contribution in [-0.2, 0) is 0 Å². The lowest BCUT2D eigenvalue weighted by molar-refractivity contribution is 0.429. The third-order valence-corrected chi connectivity index (χ3v) is 3.50. The molecule has 0 saturated carbocycles. The van der Waals surface area contributed by atoms with Crippen LogP contribution in [0.2, 0.25) is 0 Å². The van der Waals surface area contributed by atoms with Crippen LogP contribution >= 0.6 is 11.8 Å². The number of rotatable bonds is 4. The molecule has 1 atom stereocenters. The van der Waals surface area contributed by atoms with Crippen LogP contribution in [0.25, 0.3) is 0 Å². The number of halogens is 1. The number of aryl methyl sites for hydroxylation is 1. The van der Waals surface area contributed by atoms with Crippen LogP contribution in [0.3, 0.4) is 0 Å². The van der Waals surface area contributed by atoms with Crippen LogP contribution < -0.4 is 5.32 Å². The second-order valence-corrected chi connectivity index (χ2v) is 4.84. The molecule has 0 aliphatic carbocycles. The van der Waals surface area contributed by atoms with E-state index in [9.17, 15) is 4.39 Å². The summed E-state index contributed by atoms with van der Waals surface area (Å²) in [6, 6.07) is 4.88. The van der Waals surface area contributed by atoms with Crippen molar-refractivity contribution in [3.8, 4) is 0 Å². The maximum absolute atomic E-state index is 13.9. The van der Waals surface area contributed by atoms with Crippen LogP contribution in [0.1, 0.15) is 24.4 Å². The molecular weight excluding hydrogens is 253 g/mol. The van der Waals surface area contributed by atoms with Gasteiger partial charge in [-0.25, -0.2) is 4.39 Å². The summed E-state index contributed by atoms with van der Waals surface area (Å²) < 4.78 is 19.2. The smallest absolute Gasteiger partial charge is 0.281 e. The topological polar surface area (TPSA) is 51.0 Å². The van der Waals surface area contributed by atoms with Crippen LogP contribution in [0.4, 0.5) is 4.39 Å². The van der Waals surface area contributed by atoms with E-state index in [2.05, 4.69) is 15.5 Å². The van der Waals surface area contributed by atoms with Gasteiger partial charge in [0.25, 0.3) is 5.22 Å². The Hall–Kier alpha value is -1.40. The van der Waals surface area contributed by atoms with Gasteiger partial charge in [0.1, 0.15) is 5.82 Å². The third-order valence-electron chi connectivity index (χ3n) is 2.58. The average Bonchev–Trinajstić information content (AvgIpc) is 2.74. The van der Waals surface area contributed by atoms with E-state index >= 15 is 0 Å². The Morgan fingerprint density at radius 3 is 2.78 bits per heavy atom. The summed E-state index contributed by atoms with van der Waals surface area (Å²) in [7, 11) is 1.79. The van der Waals surface area contributed by atoms with E-state index in [1.807, 2.05) is 13.0 Å². The van der Waals surface area contributed by atoms with E-state index in [-0.39, 0.29) is 11.9 Å². The molecule has 0 spiro atoms. The van der Waals surface area contributed by atoms with Crippen molar-refractivity contribution in [1.82, 2.24) is 15.5 Å². The van der Waals surface area contributed by atoms with Crippen LogP contribution in [-0.4, -0.2) is 17.2 Å². The Labute approximate surface area is 109 Å². The van der Waals surface area contributed by atoms with Crippen LogP contribution in [0.5, 0.6) is 0 Å². The third kappa shape index (κ3) is 2.70. The van der Waals surface area contributed by atoms with E-state index in [1.165, 1.54) is 17.8 Å². The fourth-order valence-corrected chi connectivity index (χ4v) is 2.55. The maximum atomic E-state index is 13.9. The van der Waals surface area contributed by atoms with E-state index < -0.39 is 0 Å². The van der Waals surface area contributed by atoms with Crippen molar-refractivity contribution in [2.75, 3.05) is 7.05 Å². The summed E-state index contributed by atoms with van der Waals surface area (Å²) in [5, 5.41) is 11.1. The van der Waals surface area contributed by atoms with E-state index in [0.29, 0.717) is 16.7 Å². The first-order valence-corrected chi connectivity index (χ1v) is 6.37. The molecular formula is C12H14FN3OS. The number of nitrogens with one attached hydrogen (secondary N) is 1. The quantitative estimate of drug-likeness (QED) is 0.923. The first kappa shape index (κ1) is 13.0. The van der Waals surface area contributed by atoms with Crippen molar-refractivity contribution in [3.05, 3.63) is 35.5 Å². The second kappa shape index (κ2) is 5.49. The lowest BCUT2D eigenvalue weighted by Gasteiger charge is -2.15. The molecule has 1 aromatic carbocycles. The predicted molar refractivity (Wildman–Crippen MR) is 67.0 cm³/mol. The fourth-order valence-electron chi connectivity index (χ4n) is 1.58. The molecule has 0 saturated heterocycles. The van der Waals surface area contributed by atoms with Gasteiger partial charge >= 0.3 is 0 Å². The van der Waals surface area contributed by atoms with Gasteiger partial charge in [-0.05, 0) is 37.9 Å². The number of benzene rings is 1. The summed E-state index contributed by atoms with van der Waals surface area (Å²) in [5.41, 5.74) is 0.612. The molecule has 0 aliphatic heterocycles. The standard InChI is InChI=1S/C12H14FN3OS/c1-7(14-3)11-9(13)5-4-6-10(11)18-12-16-15-8(2)17-12/h4-7,14H,1-3H3. The fraction of sp³-hybridized carbons (Fsp3) is 0.333. The summed E-state index contributed by atoms with van der Waals surface area (Å²) in [5.74, 6) is 0.259. The molecule has 2 rings (SSSR count). The zero-order chi connectivity index (χ0) is 13.1. The van der Waals surface area contributed by atoms with Crippen LogP contribution in [0, 0.1) is 12.7 Å². The normalized spacial score (nSPS) is 12.7. The van der Waals surface area contributed by atoms with Gasteiger partial charge in [-0.2, -0.15) is 0 Å². The lowest BCUT2D eigenvalue weighted by atomic mass is 10.1. The molecule has 1 unspecified atom stereocenters. The largest absolute Gasteiger partial charge is 0.416 e. The summed E-state index contributed by atoms with van der Waals surface area (Å²) >= 11 is 1.27. The van der Waals surface area contributed by atoms with E-state index in [1.54, 1.807) is 20.0 Å². The minimum Gasteiger partial charge on any atom is -0.416 e. The summed E-state index contributed by atoms with van der Waals surface area (Å²) in [6.07, 6.45) is 0. The highest BCUT2D eigenvalue weighted by Crippen LogP contribution is 2.33. The Balaban J connectivity index is 2.35. The Morgan fingerprint density at radius 2 is 2.17 bits per heavy atom. The van der Waals surface area contributed by atoms with E-state index in [4.69, 9.17) is 4.42 Å². The number of hydrogen-bond acceptors (Lipinski definition) is 5. The van der Waals surface area contributed by atoms with Crippen molar-refractivity contribution in [3.63, 3.8) is 0 Å². The van der Waals surface area contributed by atoms with Crippen molar-refractivity contribution < 1.29 is 8.81 Å². The second-order valence-electron chi connectivity index (χ2n) is 3.85. The summed E-state index contributed by atoms with van der Waals surface area (Å²) in [4.78, 5) is 0.778. The molecule has 0 fully saturated rings. The van der Waals surface area contributed by atoms with Gasteiger partial charge in [0.05, 0.1) is 0 Å². The number of nitrogens with zero attached hydrogens (tertiary/aromatic N) is 2. The predicted octanol–water partition coefficient (Wildman–Crippen LogP) is 2.95. The molecule has 2 aromatic rings. The van der Waals surface area contributed by atoms with E-state index in [0.717, 1.165) is 4.90 Å². The van der Waals surface area contributed by atoms with Crippen molar-refractivity contribution in [2.24, 2.45) is 0 Å². The zero-order valence-corrected chi connectivity index (χ0v) is 11.2. The molecule has 0 radical (unpaired) electrons. The molecule has 1 aromatic heterocycles. The Kier molecular flexibility index (Phi) is 3.98. The molecule has 18 heavy (non-hydrogen) atoms. The molecule has 0 amide bonds. The van der Waals surface area contributed by atoms with Crippen molar-refractivity contribution in [1.29, 1.82) is 0 Å². The maximum Gasteiger partial charge on any atom is 0.281 e. The van der Waals surface area contributed by atoms with Gasteiger partial charge in [0.2, 0.25) is 5.89 Å². The first-order chi connectivity index (χ1) is 8.61. The van der Waals surface area contributed by atoms with Gasteiger partial charge < -0.3 is 9.73 Å². The lowest BCUT2D eigenvalue weighted by Crippen LogP contribution is -2.14. The van der Waals surface area contributed by atoms with Gasteiger partial charge in [-0.15, -0.1) is 10.2 Å². The SMILES string of the molecule is CNC(C)c1c(F)cccc1Sc1nnc(C)o1.